The molecular weight excluding hydrogens is 482 g/mol. The third kappa shape index (κ3) is 4.52. The van der Waals surface area contributed by atoms with E-state index >= 15 is 0 Å². The minimum atomic E-state index is -0.464. The van der Waals surface area contributed by atoms with Gasteiger partial charge in [0, 0.05) is 47.6 Å². The second kappa shape index (κ2) is 10.2. The van der Waals surface area contributed by atoms with Crippen LogP contribution in [0.3, 0.4) is 0 Å². The molecule has 3 saturated heterocycles. The highest BCUT2D eigenvalue weighted by molar-refractivity contribution is 6.02. The van der Waals surface area contributed by atoms with Crippen LogP contribution in [0, 0.1) is 0 Å². The molecule has 3 fully saturated rings. The molecule has 0 bridgehead atoms. The lowest BCUT2D eigenvalue weighted by Crippen LogP contribution is -2.49. The summed E-state index contributed by atoms with van der Waals surface area (Å²) in [6, 6.07) is 3.89. The number of amides is 2. The van der Waals surface area contributed by atoms with Crippen molar-refractivity contribution >= 4 is 17.5 Å². The number of piperidine rings is 2. The average Bonchev–Trinajstić information content (AvgIpc) is 3.44. The quantitative estimate of drug-likeness (QED) is 0.578. The van der Waals surface area contributed by atoms with Crippen LogP contribution in [0.15, 0.2) is 41.7 Å². The first-order valence-corrected chi connectivity index (χ1v) is 13.8. The summed E-state index contributed by atoms with van der Waals surface area (Å²) < 4.78 is 11.8. The maximum Gasteiger partial charge on any atom is 0.255 e. The van der Waals surface area contributed by atoms with Crippen LogP contribution in [-0.4, -0.2) is 78.9 Å². The van der Waals surface area contributed by atoms with Crippen LogP contribution >= 0.6 is 0 Å². The zero-order valence-electron chi connectivity index (χ0n) is 21.9. The van der Waals surface area contributed by atoms with Crippen molar-refractivity contribution in [3.8, 4) is 5.75 Å². The summed E-state index contributed by atoms with van der Waals surface area (Å²) in [5, 5.41) is 2.81. The Morgan fingerprint density at radius 2 is 2.00 bits per heavy atom. The van der Waals surface area contributed by atoms with Crippen molar-refractivity contribution in [1.82, 2.24) is 15.1 Å². The summed E-state index contributed by atoms with van der Waals surface area (Å²) in [4.78, 5) is 35.0. The lowest BCUT2D eigenvalue weighted by atomic mass is 9.74. The first-order valence-electron chi connectivity index (χ1n) is 13.8. The Labute approximate surface area is 223 Å². The highest BCUT2D eigenvalue weighted by Gasteiger charge is 2.47. The van der Waals surface area contributed by atoms with Gasteiger partial charge in [-0.2, -0.15) is 0 Å². The summed E-state index contributed by atoms with van der Waals surface area (Å²) in [6.07, 6.45) is 8.71. The minimum absolute atomic E-state index is 0.0427. The van der Waals surface area contributed by atoms with E-state index in [0.717, 1.165) is 75.6 Å². The number of aliphatic imine (C=N–C) groups is 1. The number of nitrogens with two attached hydrogens (primary N) is 1. The molecule has 0 saturated carbocycles. The van der Waals surface area contributed by atoms with Crippen LogP contribution in [-0.2, 0) is 21.5 Å². The molecule has 0 radical (unpaired) electrons. The van der Waals surface area contributed by atoms with Crippen molar-refractivity contribution in [3.05, 3.63) is 53.4 Å². The molecule has 1 aromatic rings. The molecule has 3 N–H and O–H groups in total. The fourth-order valence-electron chi connectivity index (χ4n) is 6.64. The molecule has 1 spiro atoms. The molecule has 1 aromatic carbocycles. The van der Waals surface area contributed by atoms with E-state index in [1.165, 1.54) is 5.56 Å². The van der Waals surface area contributed by atoms with E-state index in [9.17, 15) is 9.59 Å². The highest BCUT2D eigenvalue weighted by atomic mass is 16.5. The molecule has 9 nitrogen and oxygen atoms in total. The van der Waals surface area contributed by atoms with E-state index in [1.807, 2.05) is 12.1 Å². The zero-order valence-corrected chi connectivity index (χ0v) is 21.9. The molecule has 1 unspecified atom stereocenters. The number of likely N-dealkylation sites (tertiary alicyclic amines) is 1. The predicted octanol–water partition coefficient (Wildman–Crippen LogP) is 2.25. The maximum atomic E-state index is 13.3. The Balaban J connectivity index is 1.15. The molecule has 0 aliphatic carbocycles. The fraction of sp³-hybridized carbons (Fsp3) is 0.552. The standard InChI is InChI=1S/C29H37N5O4/c1-19-2-5-25(27(35)31-19)34-17-23-22(28(34)36)3-4-24-26(23)38-18-29(24)9-12-33(13-10-29)16-21(6-11-30)32-20-7-14-37-15-8-20/h3-4,6,11,20,25H,1-2,5,7-10,12-18,30H2,(H,31,35)/b11-6-,32-21?. The van der Waals surface area contributed by atoms with E-state index in [1.54, 1.807) is 11.1 Å². The maximum absolute atomic E-state index is 13.3. The van der Waals surface area contributed by atoms with Gasteiger partial charge in [-0.3, -0.25) is 19.5 Å². The zero-order chi connectivity index (χ0) is 26.3. The number of rotatable bonds is 5. The number of nitrogens with one attached hydrogen (secondary N) is 1. The Hall–Kier alpha value is -3.17. The number of nitrogens with zero attached hydrogens (tertiary/aromatic N) is 3. The SMILES string of the molecule is C=C1CCC(N2Cc3c(ccc4c3OCC43CCN(CC(/C=C\N)=NC4CCOCC4)CC3)C2=O)C(=O)N1. The topological polar surface area (TPSA) is 109 Å². The average molecular weight is 520 g/mol. The van der Waals surface area contributed by atoms with Crippen LogP contribution in [0.25, 0.3) is 0 Å². The molecule has 1 atom stereocenters. The number of ether oxygens (including phenoxy) is 2. The van der Waals surface area contributed by atoms with Gasteiger partial charge in [0.2, 0.25) is 5.91 Å². The molecule has 5 aliphatic heterocycles. The first kappa shape index (κ1) is 25.1. The molecule has 2 amide bonds. The van der Waals surface area contributed by atoms with Gasteiger partial charge in [-0.1, -0.05) is 12.6 Å². The number of carbonyl (C=O) groups excluding carboxylic acids is 2. The van der Waals surface area contributed by atoms with Crippen LogP contribution in [0.5, 0.6) is 5.75 Å². The third-order valence-corrected chi connectivity index (χ3v) is 8.87. The second-order valence-corrected chi connectivity index (χ2v) is 11.2. The van der Waals surface area contributed by atoms with E-state index in [2.05, 4.69) is 22.9 Å². The third-order valence-electron chi connectivity index (χ3n) is 8.87. The van der Waals surface area contributed by atoms with Gasteiger partial charge in [0.25, 0.3) is 5.91 Å². The largest absolute Gasteiger partial charge is 0.492 e. The van der Waals surface area contributed by atoms with Crippen molar-refractivity contribution in [2.24, 2.45) is 10.7 Å². The molecule has 0 aromatic heterocycles. The lowest BCUT2D eigenvalue weighted by Gasteiger charge is -2.38. The Bertz CT molecular complexity index is 1190. The number of allylic oxidation sites excluding steroid dienone is 1. The molecular formula is C29H37N5O4. The van der Waals surface area contributed by atoms with Crippen LogP contribution in [0.2, 0.25) is 0 Å². The number of fused-ring (bicyclic) bond motifs is 4. The van der Waals surface area contributed by atoms with Crippen LogP contribution in [0.1, 0.15) is 60.0 Å². The summed E-state index contributed by atoms with van der Waals surface area (Å²) in [5.41, 5.74) is 10.3. The van der Waals surface area contributed by atoms with Gasteiger partial charge in [-0.15, -0.1) is 0 Å². The normalized spacial score (nSPS) is 26.1. The fourth-order valence-corrected chi connectivity index (χ4v) is 6.64. The predicted molar refractivity (Wildman–Crippen MR) is 144 cm³/mol. The van der Waals surface area contributed by atoms with Crippen molar-refractivity contribution in [3.63, 3.8) is 0 Å². The lowest BCUT2D eigenvalue weighted by molar-refractivity contribution is -0.126. The summed E-state index contributed by atoms with van der Waals surface area (Å²) in [6.45, 7) is 9.14. The van der Waals surface area contributed by atoms with Gasteiger partial charge in [-0.25, -0.2) is 0 Å². The highest BCUT2D eigenvalue weighted by Crippen LogP contribution is 2.49. The van der Waals surface area contributed by atoms with Gasteiger partial charge in [0.1, 0.15) is 11.8 Å². The number of benzene rings is 1. The molecule has 6 rings (SSSR count). The van der Waals surface area contributed by atoms with E-state index < -0.39 is 6.04 Å². The Morgan fingerprint density at radius 3 is 2.74 bits per heavy atom. The summed E-state index contributed by atoms with van der Waals surface area (Å²) >= 11 is 0. The van der Waals surface area contributed by atoms with Crippen molar-refractivity contribution in [2.75, 3.05) is 39.5 Å². The summed E-state index contributed by atoms with van der Waals surface area (Å²) in [5.74, 6) is 0.632. The van der Waals surface area contributed by atoms with Crippen LogP contribution in [0.4, 0.5) is 0 Å². The monoisotopic (exact) mass is 519 g/mol. The molecule has 9 heteroatoms. The smallest absolute Gasteiger partial charge is 0.255 e. The van der Waals surface area contributed by atoms with Gasteiger partial charge in [0.15, 0.2) is 0 Å². The Kier molecular flexibility index (Phi) is 6.74. The van der Waals surface area contributed by atoms with E-state index in [0.29, 0.717) is 43.3 Å². The first-order chi connectivity index (χ1) is 18.5. The van der Waals surface area contributed by atoms with Gasteiger partial charge >= 0.3 is 0 Å². The van der Waals surface area contributed by atoms with E-state index in [4.69, 9.17) is 20.2 Å². The van der Waals surface area contributed by atoms with Crippen molar-refractivity contribution in [1.29, 1.82) is 0 Å². The number of carbonyl (C=O) groups is 2. The van der Waals surface area contributed by atoms with Crippen LogP contribution < -0.4 is 15.8 Å². The van der Waals surface area contributed by atoms with Crippen molar-refractivity contribution < 1.29 is 19.1 Å². The number of hydrogen-bond donors (Lipinski definition) is 2. The summed E-state index contributed by atoms with van der Waals surface area (Å²) in [7, 11) is 0. The van der Waals surface area contributed by atoms with Crippen molar-refractivity contribution in [2.45, 2.75) is 62.6 Å². The van der Waals surface area contributed by atoms with Gasteiger partial charge in [0.05, 0.1) is 24.9 Å². The number of hydrogen-bond acceptors (Lipinski definition) is 7. The molecule has 202 valence electrons. The Morgan fingerprint density at radius 1 is 1.21 bits per heavy atom. The molecule has 5 aliphatic rings. The van der Waals surface area contributed by atoms with E-state index in [-0.39, 0.29) is 17.2 Å². The van der Waals surface area contributed by atoms with Gasteiger partial charge < -0.3 is 25.4 Å². The molecule has 38 heavy (non-hydrogen) atoms. The molecule has 5 heterocycles. The van der Waals surface area contributed by atoms with Gasteiger partial charge in [-0.05, 0) is 70.0 Å². The second-order valence-electron chi connectivity index (χ2n) is 11.2. The minimum Gasteiger partial charge on any atom is -0.492 e.